The van der Waals surface area contributed by atoms with E-state index in [0.717, 1.165) is 12.8 Å². The Bertz CT molecular complexity index is 556. The average Bonchev–Trinajstić information content (AvgIpc) is 3.13. The smallest absolute Gasteiger partial charge is 0.249 e. The zero-order valence-corrected chi connectivity index (χ0v) is 9.60. The van der Waals surface area contributed by atoms with Crippen LogP contribution in [0.2, 0.25) is 0 Å². The third kappa shape index (κ3) is 2.71. The van der Waals surface area contributed by atoms with Crippen LogP contribution in [0.25, 0.3) is 0 Å². The SMILES string of the molecule is Fc1cccc(Nc2nncc(NC3CC3)n2)c1. The third-order valence-corrected chi connectivity index (χ3v) is 2.57. The summed E-state index contributed by atoms with van der Waals surface area (Å²) >= 11 is 0. The number of nitrogens with zero attached hydrogens (tertiary/aromatic N) is 3. The van der Waals surface area contributed by atoms with E-state index < -0.39 is 0 Å². The van der Waals surface area contributed by atoms with Gasteiger partial charge in [-0.1, -0.05) is 6.07 Å². The summed E-state index contributed by atoms with van der Waals surface area (Å²) in [4.78, 5) is 4.26. The molecule has 0 amide bonds. The van der Waals surface area contributed by atoms with E-state index >= 15 is 0 Å². The molecule has 1 saturated carbocycles. The van der Waals surface area contributed by atoms with Gasteiger partial charge in [0, 0.05) is 11.7 Å². The van der Waals surface area contributed by atoms with Crippen molar-refractivity contribution in [2.45, 2.75) is 18.9 Å². The van der Waals surface area contributed by atoms with Crippen molar-refractivity contribution in [3.05, 3.63) is 36.3 Å². The van der Waals surface area contributed by atoms with Gasteiger partial charge in [0.05, 0.1) is 6.20 Å². The van der Waals surface area contributed by atoms with Gasteiger partial charge >= 0.3 is 0 Å². The summed E-state index contributed by atoms with van der Waals surface area (Å²) < 4.78 is 13.0. The molecule has 0 unspecified atom stereocenters. The second-order valence-electron chi connectivity index (χ2n) is 4.22. The van der Waals surface area contributed by atoms with Crippen LogP contribution in [0, 0.1) is 5.82 Å². The predicted molar refractivity (Wildman–Crippen MR) is 66.2 cm³/mol. The second-order valence-corrected chi connectivity index (χ2v) is 4.22. The van der Waals surface area contributed by atoms with Crippen molar-refractivity contribution < 1.29 is 4.39 Å². The Balaban J connectivity index is 1.75. The van der Waals surface area contributed by atoms with Crippen molar-refractivity contribution in [2.24, 2.45) is 0 Å². The van der Waals surface area contributed by atoms with Crippen LogP contribution in [-0.4, -0.2) is 21.2 Å². The van der Waals surface area contributed by atoms with Crippen molar-refractivity contribution in [3.8, 4) is 0 Å². The maximum Gasteiger partial charge on any atom is 0.249 e. The zero-order chi connectivity index (χ0) is 12.4. The highest BCUT2D eigenvalue weighted by Gasteiger charge is 2.21. The van der Waals surface area contributed by atoms with Crippen LogP contribution in [0.4, 0.5) is 21.8 Å². The van der Waals surface area contributed by atoms with Gasteiger partial charge in [-0.2, -0.15) is 10.1 Å². The quantitative estimate of drug-likeness (QED) is 0.865. The molecule has 3 rings (SSSR count). The molecule has 5 nitrogen and oxygen atoms in total. The maximum atomic E-state index is 13.0. The van der Waals surface area contributed by atoms with Crippen molar-refractivity contribution >= 4 is 17.5 Å². The second kappa shape index (κ2) is 4.56. The molecule has 1 fully saturated rings. The molecule has 2 aromatic rings. The van der Waals surface area contributed by atoms with Gasteiger partial charge in [-0.25, -0.2) is 4.39 Å². The van der Waals surface area contributed by atoms with E-state index in [0.29, 0.717) is 23.5 Å². The van der Waals surface area contributed by atoms with E-state index in [-0.39, 0.29) is 5.82 Å². The van der Waals surface area contributed by atoms with E-state index in [2.05, 4.69) is 25.8 Å². The fourth-order valence-corrected chi connectivity index (χ4v) is 1.56. The highest BCUT2D eigenvalue weighted by molar-refractivity contribution is 5.54. The van der Waals surface area contributed by atoms with E-state index in [1.165, 1.54) is 12.1 Å². The number of anilines is 3. The van der Waals surface area contributed by atoms with Gasteiger partial charge in [0.2, 0.25) is 5.95 Å². The van der Waals surface area contributed by atoms with Crippen LogP contribution in [0.3, 0.4) is 0 Å². The van der Waals surface area contributed by atoms with Crippen LogP contribution in [0.1, 0.15) is 12.8 Å². The molecule has 18 heavy (non-hydrogen) atoms. The van der Waals surface area contributed by atoms with Crippen LogP contribution in [0.15, 0.2) is 30.5 Å². The van der Waals surface area contributed by atoms with Gasteiger partial charge in [-0.3, -0.25) is 0 Å². The molecule has 0 aliphatic heterocycles. The van der Waals surface area contributed by atoms with E-state index in [1.807, 2.05) is 0 Å². The van der Waals surface area contributed by atoms with Gasteiger partial charge in [0.15, 0.2) is 5.82 Å². The minimum absolute atomic E-state index is 0.305. The average molecular weight is 245 g/mol. The topological polar surface area (TPSA) is 62.7 Å². The zero-order valence-electron chi connectivity index (χ0n) is 9.60. The summed E-state index contributed by atoms with van der Waals surface area (Å²) in [5.74, 6) is 0.734. The Hall–Kier alpha value is -2.24. The van der Waals surface area contributed by atoms with Gasteiger partial charge in [-0.05, 0) is 31.0 Å². The van der Waals surface area contributed by atoms with Crippen LogP contribution in [-0.2, 0) is 0 Å². The Labute approximate surface area is 103 Å². The molecule has 92 valence electrons. The third-order valence-electron chi connectivity index (χ3n) is 2.57. The molecule has 0 saturated heterocycles. The van der Waals surface area contributed by atoms with Gasteiger partial charge in [0.1, 0.15) is 5.82 Å². The number of aromatic nitrogens is 3. The number of nitrogens with one attached hydrogen (secondary N) is 2. The molecule has 2 N–H and O–H groups in total. The molecule has 0 spiro atoms. The summed E-state index contributed by atoms with van der Waals surface area (Å²) in [6.07, 6.45) is 3.91. The molecular formula is C12H12FN5. The lowest BCUT2D eigenvalue weighted by molar-refractivity contribution is 0.628. The first-order valence-corrected chi connectivity index (χ1v) is 5.78. The van der Waals surface area contributed by atoms with Crippen molar-refractivity contribution in [1.29, 1.82) is 0 Å². The van der Waals surface area contributed by atoms with Crippen LogP contribution < -0.4 is 10.6 Å². The molecule has 0 atom stereocenters. The summed E-state index contributed by atoms with van der Waals surface area (Å²) in [6.45, 7) is 0. The summed E-state index contributed by atoms with van der Waals surface area (Å²) in [5.41, 5.74) is 0.598. The minimum atomic E-state index is -0.305. The molecule has 1 aromatic carbocycles. The Morgan fingerprint density at radius 2 is 2.17 bits per heavy atom. The van der Waals surface area contributed by atoms with Crippen LogP contribution >= 0.6 is 0 Å². The monoisotopic (exact) mass is 245 g/mol. The summed E-state index contributed by atoms with van der Waals surface area (Å²) in [6, 6.07) is 6.63. The number of hydrogen-bond acceptors (Lipinski definition) is 5. The molecule has 6 heteroatoms. The number of hydrogen-bond donors (Lipinski definition) is 2. The highest BCUT2D eigenvalue weighted by Crippen LogP contribution is 2.23. The van der Waals surface area contributed by atoms with Gasteiger partial charge in [-0.15, -0.1) is 5.10 Å². The van der Waals surface area contributed by atoms with Gasteiger partial charge in [0.25, 0.3) is 0 Å². The molecule has 0 bridgehead atoms. The Morgan fingerprint density at radius 1 is 1.28 bits per heavy atom. The van der Waals surface area contributed by atoms with Crippen molar-refractivity contribution in [3.63, 3.8) is 0 Å². The maximum absolute atomic E-state index is 13.0. The van der Waals surface area contributed by atoms with E-state index in [4.69, 9.17) is 0 Å². The van der Waals surface area contributed by atoms with E-state index in [9.17, 15) is 4.39 Å². The molecule has 1 aliphatic rings. The molecule has 1 heterocycles. The number of benzene rings is 1. The highest BCUT2D eigenvalue weighted by atomic mass is 19.1. The lowest BCUT2D eigenvalue weighted by Gasteiger charge is -2.06. The summed E-state index contributed by atoms with van der Waals surface area (Å²) in [7, 11) is 0. The number of halogens is 1. The van der Waals surface area contributed by atoms with E-state index in [1.54, 1.807) is 18.3 Å². The predicted octanol–water partition coefficient (Wildman–Crippen LogP) is 2.33. The largest absolute Gasteiger partial charge is 0.366 e. The normalized spacial score (nSPS) is 14.3. The Kier molecular flexibility index (Phi) is 2.76. The van der Waals surface area contributed by atoms with Crippen molar-refractivity contribution in [1.82, 2.24) is 15.2 Å². The first-order chi connectivity index (χ1) is 8.79. The summed E-state index contributed by atoms with van der Waals surface area (Å²) in [5, 5.41) is 13.8. The standard InChI is InChI=1S/C12H12FN5/c13-8-2-1-3-10(6-8)16-12-17-11(7-14-18-12)15-9-4-5-9/h1-3,6-7,9H,4-5H2,(H2,15,16,17,18). The fourth-order valence-electron chi connectivity index (χ4n) is 1.56. The Morgan fingerprint density at radius 3 is 2.94 bits per heavy atom. The first kappa shape index (κ1) is 10.9. The number of rotatable bonds is 4. The van der Waals surface area contributed by atoms with Crippen molar-refractivity contribution in [2.75, 3.05) is 10.6 Å². The van der Waals surface area contributed by atoms with Gasteiger partial charge < -0.3 is 10.6 Å². The lowest BCUT2D eigenvalue weighted by atomic mass is 10.3. The molecular weight excluding hydrogens is 233 g/mol. The molecule has 1 aromatic heterocycles. The first-order valence-electron chi connectivity index (χ1n) is 5.78. The minimum Gasteiger partial charge on any atom is -0.366 e. The molecule has 0 radical (unpaired) electrons. The lowest BCUT2D eigenvalue weighted by Crippen LogP contribution is -2.06. The fraction of sp³-hybridized carbons (Fsp3) is 0.250. The molecule has 1 aliphatic carbocycles. The van der Waals surface area contributed by atoms with Crippen LogP contribution in [0.5, 0.6) is 0 Å².